The third-order valence-corrected chi connectivity index (χ3v) is 12.5. The first-order chi connectivity index (χ1) is 19.1. The molecule has 0 radical (unpaired) electrons. The molecule has 7 heteroatoms. The highest BCUT2D eigenvalue weighted by molar-refractivity contribution is 8.15. The Morgan fingerprint density at radius 3 is 2.40 bits per heavy atom. The Bertz CT molecular complexity index is 1440. The minimum Gasteiger partial charge on any atom is -0.351 e. The molecule has 0 saturated carbocycles. The van der Waals surface area contributed by atoms with Crippen LogP contribution in [0.2, 0.25) is 0 Å². The van der Waals surface area contributed by atoms with E-state index in [1.54, 1.807) is 7.05 Å². The maximum Gasteiger partial charge on any atom is 0.318 e. The quantitative estimate of drug-likeness (QED) is 0.362. The summed E-state index contributed by atoms with van der Waals surface area (Å²) in [5, 5.41) is 3.38. The van der Waals surface area contributed by atoms with E-state index < -0.39 is 6.03 Å². The number of anilines is 1. The number of rotatable bonds is 5. The Morgan fingerprint density at radius 2 is 1.73 bits per heavy atom. The second-order valence-electron chi connectivity index (χ2n) is 12.6. The number of quaternary nitrogens is 1. The number of nitrogens with one attached hydrogen (secondary N) is 1. The van der Waals surface area contributed by atoms with Crippen molar-refractivity contribution in [1.82, 2.24) is 5.32 Å². The lowest BCUT2D eigenvalue weighted by molar-refractivity contribution is -0.676. The molecule has 4 aliphatic rings. The number of nitrogens with two attached hydrogens (primary N) is 1. The minimum absolute atomic E-state index is 0.234. The molecular formula is C33H43N4O2S+. The summed E-state index contributed by atoms with van der Waals surface area (Å²) >= 11 is 0. The van der Waals surface area contributed by atoms with Crippen LogP contribution in [0.5, 0.6) is 0 Å². The van der Waals surface area contributed by atoms with Crippen molar-refractivity contribution in [3.05, 3.63) is 69.3 Å². The second kappa shape index (κ2) is 10.2. The Hall–Kier alpha value is -2.90. The van der Waals surface area contributed by atoms with E-state index in [2.05, 4.69) is 61.9 Å². The lowest BCUT2D eigenvalue weighted by Crippen LogP contribution is -2.52. The maximum absolute atomic E-state index is 13.6. The number of nitrogens with zero attached hydrogens (tertiary/aromatic N) is 2. The fourth-order valence-electron chi connectivity index (χ4n) is 7.35. The van der Waals surface area contributed by atoms with Crippen molar-refractivity contribution in [1.29, 1.82) is 0 Å². The topological polar surface area (TPSA) is 75.4 Å². The molecule has 0 bridgehead atoms. The van der Waals surface area contributed by atoms with Gasteiger partial charge < -0.3 is 11.1 Å². The van der Waals surface area contributed by atoms with Gasteiger partial charge in [-0.3, -0.25) is 9.69 Å². The second-order valence-corrected chi connectivity index (χ2v) is 14.7. The number of amides is 3. The van der Waals surface area contributed by atoms with Crippen molar-refractivity contribution < 1.29 is 13.5 Å². The number of piperidine rings is 1. The normalized spacial score (nSPS) is 27.3. The first-order valence-corrected chi connectivity index (χ1v) is 16.2. The maximum atomic E-state index is 13.6. The van der Waals surface area contributed by atoms with Crippen LogP contribution in [-0.4, -0.2) is 47.2 Å². The van der Waals surface area contributed by atoms with Crippen LogP contribution < -0.4 is 16.0 Å². The average molecular weight is 560 g/mol. The van der Waals surface area contributed by atoms with E-state index in [0.29, 0.717) is 0 Å². The molecule has 1 atom stereocenters. The van der Waals surface area contributed by atoms with Gasteiger partial charge in [-0.05, 0) is 116 Å². The first kappa shape index (κ1) is 27.3. The summed E-state index contributed by atoms with van der Waals surface area (Å²) in [5.74, 6) is 1.38. The number of urea groups is 1. The summed E-state index contributed by atoms with van der Waals surface area (Å²) in [5.41, 5.74) is 18.9. The van der Waals surface area contributed by atoms with Crippen LogP contribution in [0.15, 0.2) is 35.9 Å². The number of allylic oxidation sites excluding steroid dienone is 1. The lowest BCUT2D eigenvalue weighted by atomic mass is 9.70. The van der Waals surface area contributed by atoms with E-state index in [1.807, 2.05) is 0 Å². The summed E-state index contributed by atoms with van der Waals surface area (Å²) in [6, 6.07) is 10.5. The molecule has 3 heterocycles. The Balaban J connectivity index is 1.09. The van der Waals surface area contributed by atoms with E-state index in [1.165, 1.54) is 63.1 Å². The minimum atomic E-state index is -0.443. The fourth-order valence-corrected chi connectivity index (χ4v) is 9.69. The van der Waals surface area contributed by atoms with Gasteiger partial charge >= 0.3 is 6.03 Å². The van der Waals surface area contributed by atoms with E-state index in [4.69, 9.17) is 5.73 Å². The van der Waals surface area contributed by atoms with Crippen LogP contribution in [0.25, 0.3) is 5.70 Å². The molecule has 40 heavy (non-hydrogen) atoms. The van der Waals surface area contributed by atoms with Crippen molar-refractivity contribution in [2.75, 3.05) is 30.8 Å². The zero-order valence-corrected chi connectivity index (χ0v) is 25.3. The third kappa shape index (κ3) is 4.81. The van der Waals surface area contributed by atoms with Crippen LogP contribution in [0.4, 0.5) is 10.5 Å². The number of fused-ring (bicyclic) bond motifs is 1. The van der Waals surface area contributed by atoms with Gasteiger partial charge in [-0.2, -0.15) is 0 Å². The number of carbonyl (C=O) groups is 2. The van der Waals surface area contributed by atoms with Gasteiger partial charge in [0.25, 0.3) is 0 Å². The molecule has 1 unspecified atom stereocenters. The summed E-state index contributed by atoms with van der Waals surface area (Å²) in [6.45, 7) is 8.62. The predicted molar refractivity (Wildman–Crippen MR) is 166 cm³/mol. The van der Waals surface area contributed by atoms with Gasteiger partial charge in [0.15, 0.2) is 5.49 Å². The van der Waals surface area contributed by atoms with E-state index in [-0.39, 0.29) is 22.0 Å². The van der Waals surface area contributed by atoms with Crippen LogP contribution in [-0.2, 0) is 24.1 Å². The Kier molecular flexibility index (Phi) is 6.94. The highest BCUT2D eigenvalue weighted by Gasteiger charge is 2.55. The molecule has 0 aromatic heterocycles. The van der Waals surface area contributed by atoms with Gasteiger partial charge in [-0.15, -0.1) is 0 Å². The van der Waals surface area contributed by atoms with E-state index >= 15 is 0 Å². The zero-order valence-electron chi connectivity index (χ0n) is 24.4. The van der Waals surface area contributed by atoms with Gasteiger partial charge in [0.05, 0.1) is 29.2 Å². The van der Waals surface area contributed by atoms with Crippen molar-refractivity contribution in [3.8, 4) is 0 Å². The summed E-state index contributed by atoms with van der Waals surface area (Å²) in [4.78, 5) is 26.7. The molecule has 1 fully saturated rings. The summed E-state index contributed by atoms with van der Waals surface area (Å²) < 4.78 is 1.09. The molecule has 6 rings (SSSR count). The van der Waals surface area contributed by atoms with E-state index in [0.717, 1.165) is 66.2 Å². The molecule has 212 valence electrons. The highest BCUT2D eigenvalue weighted by Crippen LogP contribution is 2.52. The van der Waals surface area contributed by atoms with E-state index in [9.17, 15) is 9.59 Å². The zero-order chi connectivity index (χ0) is 28.2. The third-order valence-electron chi connectivity index (χ3n) is 10.0. The molecule has 3 aliphatic heterocycles. The average Bonchev–Trinajstić information content (AvgIpc) is 3.62. The Morgan fingerprint density at radius 1 is 1.05 bits per heavy atom. The van der Waals surface area contributed by atoms with Gasteiger partial charge in [0.2, 0.25) is 5.91 Å². The first-order valence-electron chi connectivity index (χ1n) is 14.8. The lowest BCUT2D eigenvalue weighted by Gasteiger charge is -2.42. The predicted octanol–water partition coefficient (Wildman–Crippen LogP) is 5.74. The largest absolute Gasteiger partial charge is 0.351 e. The number of primary amides is 1. The number of aryl methyl sites for hydroxylation is 4. The SMILES string of the molecule is CC1=C(c2ccc3c(c2)CCCC3)NC(=O)C2(CC[N+]3(C=S3CCc3c(C)cc(N(C)C(N)=O)cc3C)CC2)C1. The molecule has 2 aromatic carbocycles. The van der Waals surface area contributed by atoms with Crippen molar-refractivity contribution in [3.63, 3.8) is 0 Å². The molecule has 2 spiro atoms. The van der Waals surface area contributed by atoms with Crippen LogP contribution in [0.3, 0.4) is 0 Å². The Labute approximate surface area is 241 Å². The monoisotopic (exact) mass is 559 g/mol. The van der Waals surface area contributed by atoms with Crippen molar-refractivity contribution >= 4 is 39.5 Å². The van der Waals surface area contributed by atoms with Gasteiger partial charge in [-0.25, -0.2) is 8.68 Å². The highest BCUT2D eigenvalue weighted by atomic mass is 32.2. The number of carbonyl (C=O) groups excluding carboxylic acids is 2. The van der Waals surface area contributed by atoms with Gasteiger partial charge in [0.1, 0.15) is 0 Å². The fraction of sp³-hybridized carbons (Fsp3) is 0.485. The summed E-state index contributed by atoms with van der Waals surface area (Å²) in [7, 11) is 1.97. The molecule has 2 aromatic rings. The molecule has 1 saturated heterocycles. The van der Waals surface area contributed by atoms with Crippen molar-refractivity contribution in [2.24, 2.45) is 11.1 Å². The molecule has 3 N–H and O–H groups in total. The standard InChI is InChI=1S/C33H42N4O2S/c1-22-17-28(36(4)32(34)39)18-23(2)29(22)11-16-40-21-37(40)14-12-33(13-15-37)20-24(3)30(35-31(33)38)27-10-9-25-7-5-6-8-26(25)19-27/h9-10,17-19,21H,5-8,11-16,20H2,1-4H3,(H2-,34,35,38,39)/p+1. The number of hydrogen-bond donors (Lipinski definition) is 2. The number of hydrogen-bond acceptors (Lipinski definition) is 2. The van der Waals surface area contributed by atoms with Gasteiger partial charge in [0, 0.05) is 37.0 Å². The van der Waals surface area contributed by atoms with Crippen LogP contribution >= 0.6 is 10.7 Å². The number of benzene rings is 2. The smallest absolute Gasteiger partial charge is 0.318 e. The molecular weight excluding hydrogens is 516 g/mol. The molecule has 6 nitrogen and oxygen atoms in total. The summed E-state index contributed by atoms with van der Waals surface area (Å²) in [6.07, 6.45) is 8.72. The van der Waals surface area contributed by atoms with Gasteiger partial charge in [-0.1, -0.05) is 12.1 Å². The van der Waals surface area contributed by atoms with Crippen molar-refractivity contribution in [2.45, 2.75) is 72.1 Å². The molecule has 1 aliphatic carbocycles. The van der Waals surface area contributed by atoms with Crippen LogP contribution in [0.1, 0.15) is 72.4 Å². The van der Waals surface area contributed by atoms with Crippen LogP contribution in [0, 0.1) is 19.3 Å². The molecule has 3 amide bonds.